The molecule has 4 rings (SSSR count). The minimum Gasteiger partial charge on any atom is -0.322 e. The third-order valence-corrected chi connectivity index (χ3v) is 7.54. The van der Waals surface area contributed by atoms with Crippen molar-refractivity contribution in [2.75, 3.05) is 7.05 Å². The summed E-state index contributed by atoms with van der Waals surface area (Å²) in [7, 11) is 1.81. The van der Waals surface area contributed by atoms with Gasteiger partial charge in [-0.3, -0.25) is 14.8 Å². The number of carbonyl (C=O) groups excluding carboxylic acids is 1. The number of amides is 1. The number of nitriles is 1. The van der Waals surface area contributed by atoms with Crippen LogP contribution < -0.4 is 0 Å². The van der Waals surface area contributed by atoms with Crippen molar-refractivity contribution in [1.29, 1.82) is 5.26 Å². The molecule has 1 aromatic heterocycles. The number of allylic oxidation sites excluding steroid dienone is 5. The summed E-state index contributed by atoms with van der Waals surface area (Å²) in [5.41, 5.74) is 7.72. The Balaban J connectivity index is 1.68. The molecule has 1 aliphatic carbocycles. The van der Waals surface area contributed by atoms with Gasteiger partial charge in [0.05, 0.1) is 22.9 Å². The molecular formula is C33H36N4O. The third-order valence-electron chi connectivity index (χ3n) is 7.54. The minimum atomic E-state index is -0.553. The van der Waals surface area contributed by atoms with Crippen LogP contribution in [0.15, 0.2) is 84.3 Å². The zero-order chi connectivity index (χ0) is 27.4. The maximum atomic E-state index is 12.9. The zero-order valence-corrected chi connectivity index (χ0v) is 23.0. The molecule has 2 aliphatic rings. The number of hydrogen-bond acceptors (Lipinski definition) is 4. The fourth-order valence-electron chi connectivity index (χ4n) is 5.11. The minimum absolute atomic E-state index is 0.0270. The molecule has 1 amide bonds. The van der Waals surface area contributed by atoms with Gasteiger partial charge in [0.2, 0.25) is 5.91 Å². The van der Waals surface area contributed by atoms with Crippen molar-refractivity contribution in [3.63, 3.8) is 0 Å². The molecule has 5 heteroatoms. The van der Waals surface area contributed by atoms with Crippen LogP contribution >= 0.6 is 0 Å². The van der Waals surface area contributed by atoms with Crippen molar-refractivity contribution in [1.82, 2.24) is 9.88 Å². The zero-order valence-electron chi connectivity index (χ0n) is 23.0. The van der Waals surface area contributed by atoms with Gasteiger partial charge in [0.15, 0.2) is 0 Å². The fraction of sp³-hybridized carbons (Fsp3) is 0.333. The lowest BCUT2D eigenvalue weighted by Crippen LogP contribution is -2.21. The second-order valence-electron chi connectivity index (χ2n) is 10.9. The van der Waals surface area contributed by atoms with Gasteiger partial charge in [0.1, 0.15) is 0 Å². The fourth-order valence-corrected chi connectivity index (χ4v) is 5.11. The number of nitrogens with zero attached hydrogens (tertiary/aromatic N) is 4. The molecule has 0 spiro atoms. The van der Waals surface area contributed by atoms with E-state index in [2.05, 4.69) is 48.8 Å². The smallest absolute Gasteiger partial charge is 0.226 e. The van der Waals surface area contributed by atoms with Gasteiger partial charge >= 0.3 is 0 Å². The van der Waals surface area contributed by atoms with E-state index >= 15 is 0 Å². The summed E-state index contributed by atoms with van der Waals surface area (Å²) in [6.45, 7) is 12.2. The average molecular weight is 505 g/mol. The van der Waals surface area contributed by atoms with E-state index in [-0.39, 0.29) is 11.8 Å². The number of aliphatic imine (C=N–C) groups is 1. The molecule has 1 aromatic carbocycles. The Kier molecular flexibility index (Phi) is 7.92. The molecule has 0 N–H and O–H groups in total. The monoisotopic (exact) mass is 504 g/mol. The standard InChI is InChI=1S/C33H36N4O/c1-7-13-35-30-19-29(22(2)15-23(30)3)25-12-14-36-31(17-25)27-16-26(18-32(38)37(6)20-27)24-8-10-28(11-9-24)33(4,5)21-34/h7-14,17,19-20,22,26H,3,15-16,18H2,1-2,4-6H3/b13-7-,35-30?. The van der Waals surface area contributed by atoms with Crippen molar-refractivity contribution in [2.45, 2.75) is 58.3 Å². The second kappa shape index (κ2) is 11.1. The predicted molar refractivity (Wildman–Crippen MR) is 155 cm³/mol. The third kappa shape index (κ3) is 5.75. The molecule has 1 aliphatic heterocycles. The lowest BCUT2D eigenvalue weighted by molar-refractivity contribution is -0.127. The molecule has 38 heavy (non-hydrogen) atoms. The topological polar surface area (TPSA) is 69.3 Å². The van der Waals surface area contributed by atoms with Crippen LogP contribution in [0.4, 0.5) is 0 Å². The van der Waals surface area contributed by atoms with E-state index in [1.54, 1.807) is 11.1 Å². The van der Waals surface area contributed by atoms with Crippen LogP contribution in [0.1, 0.15) is 75.3 Å². The van der Waals surface area contributed by atoms with Gasteiger partial charge < -0.3 is 4.90 Å². The first kappa shape index (κ1) is 27.0. The SMILES string of the molecule is C=C1CC(C)C(c2ccnc(C3=CN(C)C(=O)CC(c4ccc(C(C)(C)C#N)cc4)C3)c2)=CC1=N/C=C\C. The molecule has 2 unspecified atom stereocenters. The highest BCUT2D eigenvalue weighted by molar-refractivity contribution is 6.13. The quantitative estimate of drug-likeness (QED) is 0.432. The van der Waals surface area contributed by atoms with Gasteiger partial charge in [0, 0.05) is 32.1 Å². The second-order valence-corrected chi connectivity index (χ2v) is 10.9. The Morgan fingerprint density at radius 2 is 1.92 bits per heavy atom. The van der Waals surface area contributed by atoms with Crippen molar-refractivity contribution in [3.8, 4) is 6.07 Å². The Labute approximate surface area is 226 Å². The van der Waals surface area contributed by atoms with E-state index in [0.717, 1.165) is 45.7 Å². The molecule has 2 atom stereocenters. The number of pyridine rings is 1. The van der Waals surface area contributed by atoms with Crippen LogP contribution in [0, 0.1) is 17.2 Å². The van der Waals surface area contributed by atoms with Crippen LogP contribution in [0.5, 0.6) is 0 Å². The number of aromatic nitrogens is 1. The first-order valence-corrected chi connectivity index (χ1v) is 13.2. The van der Waals surface area contributed by atoms with E-state index in [4.69, 9.17) is 4.98 Å². The van der Waals surface area contributed by atoms with Crippen LogP contribution in [-0.4, -0.2) is 28.6 Å². The highest BCUT2D eigenvalue weighted by atomic mass is 16.2. The van der Waals surface area contributed by atoms with E-state index in [9.17, 15) is 10.1 Å². The van der Waals surface area contributed by atoms with E-state index in [0.29, 0.717) is 18.8 Å². The summed E-state index contributed by atoms with van der Waals surface area (Å²) in [4.78, 5) is 23.9. The molecular weight excluding hydrogens is 468 g/mol. The van der Waals surface area contributed by atoms with Gasteiger partial charge in [-0.1, -0.05) is 43.8 Å². The maximum absolute atomic E-state index is 12.9. The Hall–Kier alpha value is -4.04. The molecule has 0 saturated heterocycles. The van der Waals surface area contributed by atoms with Crippen LogP contribution in [0.2, 0.25) is 0 Å². The lowest BCUT2D eigenvalue weighted by Gasteiger charge is -2.24. The molecule has 194 valence electrons. The summed E-state index contributed by atoms with van der Waals surface area (Å²) in [6.07, 6.45) is 11.6. The van der Waals surface area contributed by atoms with E-state index < -0.39 is 5.41 Å². The summed E-state index contributed by atoms with van der Waals surface area (Å²) in [5, 5.41) is 9.49. The Morgan fingerprint density at radius 1 is 1.18 bits per heavy atom. The number of rotatable bonds is 5. The molecule has 0 saturated carbocycles. The largest absolute Gasteiger partial charge is 0.322 e. The van der Waals surface area contributed by atoms with Gasteiger partial charge in [-0.25, -0.2) is 0 Å². The summed E-state index contributed by atoms with van der Waals surface area (Å²) >= 11 is 0. The van der Waals surface area contributed by atoms with Gasteiger partial charge in [-0.2, -0.15) is 5.26 Å². The van der Waals surface area contributed by atoms with Crippen molar-refractivity contribution < 1.29 is 4.79 Å². The number of benzene rings is 1. The summed E-state index contributed by atoms with van der Waals surface area (Å²) in [5.74, 6) is 0.423. The molecule has 0 radical (unpaired) electrons. The van der Waals surface area contributed by atoms with Gasteiger partial charge in [-0.15, -0.1) is 0 Å². The van der Waals surface area contributed by atoms with Crippen molar-refractivity contribution >= 4 is 22.8 Å². The van der Waals surface area contributed by atoms with E-state index in [1.807, 2.05) is 64.5 Å². The first-order valence-electron chi connectivity index (χ1n) is 13.2. The van der Waals surface area contributed by atoms with Crippen LogP contribution in [0.3, 0.4) is 0 Å². The number of hydrogen-bond donors (Lipinski definition) is 0. The van der Waals surface area contributed by atoms with Crippen molar-refractivity contribution in [3.05, 3.63) is 102 Å². The first-order chi connectivity index (χ1) is 18.1. The molecule has 5 nitrogen and oxygen atoms in total. The summed E-state index contributed by atoms with van der Waals surface area (Å²) in [6, 6.07) is 14.7. The normalized spacial score (nSPS) is 21.8. The van der Waals surface area contributed by atoms with Crippen molar-refractivity contribution in [2.24, 2.45) is 10.9 Å². The Bertz CT molecular complexity index is 1400. The highest BCUT2D eigenvalue weighted by Gasteiger charge is 2.27. The summed E-state index contributed by atoms with van der Waals surface area (Å²) < 4.78 is 0. The van der Waals surface area contributed by atoms with Gasteiger partial charge in [0.25, 0.3) is 0 Å². The highest BCUT2D eigenvalue weighted by Crippen LogP contribution is 2.38. The molecule has 0 bridgehead atoms. The Morgan fingerprint density at radius 3 is 2.61 bits per heavy atom. The van der Waals surface area contributed by atoms with Gasteiger partial charge in [-0.05, 0) is 97.1 Å². The molecule has 2 heterocycles. The predicted octanol–water partition coefficient (Wildman–Crippen LogP) is 7.21. The lowest BCUT2D eigenvalue weighted by atomic mass is 9.81. The van der Waals surface area contributed by atoms with E-state index in [1.165, 1.54) is 5.57 Å². The van der Waals surface area contributed by atoms with Crippen LogP contribution in [-0.2, 0) is 10.2 Å². The average Bonchev–Trinajstić information content (AvgIpc) is 3.06. The number of carbonyl (C=O) groups is 1. The van der Waals surface area contributed by atoms with Crippen LogP contribution in [0.25, 0.3) is 11.1 Å². The molecule has 2 aromatic rings. The maximum Gasteiger partial charge on any atom is 0.226 e. The molecule has 0 fully saturated rings.